The summed E-state index contributed by atoms with van der Waals surface area (Å²) in [6.07, 6.45) is 1.43. The first-order valence-corrected chi connectivity index (χ1v) is 8.51. The van der Waals surface area contributed by atoms with Crippen molar-refractivity contribution >= 4 is 35.3 Å². The molecular weight excluding hydrogens is 370 g/mol. The van der Waals surface area contributed by atoms with Crippen LogP contribution >= 0.6 is 11.6 Å². The number of carbonyl (C=O) groups excluding carboxylic acids is 2. The number of aryl methyl sites for hydroxylation is 1. The lowest BCUT2D eigenvalue weighted by atomic mass is 10.2. The Hall–Kier alpha value is -3.06. The molecule has 2 rings (SSSR count). The maximum Gasteiger partial charge on any atom is 0.240 e. The molecule has 8 heteroatoms. The molecule has 0 fully saturated rings. The molecule has 2 amide bonds. The van der Waals surface area contributed by atoms with E-state index >= 15 is 0 Å². The lowest BCUT2D eigenvalue weighted by molar-refractivity contribution is -0.124. The third kappa shape index (κ3) is 6.31. The molecule has 0 bridgehead atoms. The number of ether oxygens (including phenoxy) is 1. The molecule has 27 heavy (non-hydrogen) atoms. The first-order chi connectivity index (χ1) is 12.9. The summed E-state index contributed by atoms with van der Waals surface area (Å²) < 4.78 is 4.99. The molecule has 7 nitrogen and oxygen atoms in total. The first kappa shape index (κ1) is 20.3. The van der Waals surface area contributed by atoms with Crippen LogP contribution in [0, 0.1) is 6.92 Å². The molecule has 0 heterocycles. The van der Waals surface area contributed by atoms with E-state index in [9.17, 15) is 14.7 Å². The van der Waals surface area contributed by atoms with Crippen molar-refractivity contribution in [2.24, 2.45) is 5.10 Å². The smallest absolute Gasteiger partial charge is 0.240 e. The Morgan fingerprint density at radius 1 is 1.19 bits per heavy atom. The zero-order chi connectivity index (χ0) is 19.8. The van der Waals surface area contributed by atoms with E-state index < -0.39 is 0 Å². The summed E-state index contributed by atoms with van der Waals surface area (Å²) in [7, 11) is 1.44. The summed E-state index contributed by atoms with van der Waals surface area (Å²) in [5, 5.41) is 16.7. The molecule has 2 aromatic carbocycles. The van der Waals surface area contributed by atoms with Gasteiger partial charge in [-0.25, -0.2) is 5.43 Å². The molecule has 3 N–H and O–H groups in total. The fraction of sp³-hybridized carbons (Fsp3) is 0.211. The number of phenolic OH excluding ortho intramolecular Hbond substituents is 1. The number of carbonyl (C=O) groups is 2. The van der Waals surface area contributed by atoms with Gasteiger partial charge in [-0.05, 0) is 54.4 Å². The van der Waals surface area contributed by atoms with Crippen LogP contribution in [-0.4, -0.2) is 30.2 Å². The monoisotopic (exact) mass is 389 g/mol. The summed E-state index contributed by atoms with van der Waals surface area (Å²) in [6, 6.07) is 9.81. The second-order valence-electron chi connectivity index (χ2n) is 5.73. The van der Waals surface area contributed by atoms with Crippen LogP contribution in [0.25, 0.3) is 0 Å². The van der Waals surface area contributed by atoms with Gasteiger partial charge >= 0.3 is 0 Å². The van der Waals surface area contributed by atoms with Gasteiger partial charge in [-0.3, -0.25) is 9.59 Å². The predicted octanol–water partition coefficient (Wildman–Crippen LogP) is 3.23. The van der Waals surface area contributed by atoms with E-state index in [0.717, 1.165) is 5.56 Å². The van der Waals surface area contributed by atoms with E-state index in [1.54, 1.807) is 30.3 Å². The second-order valence-corrected chi connectivity index (χ2v) is 6.17. The third-order valence-corrected chi connectivity index (χ3v) is 3.88. The van der Waals surface area contributed by atoms with Crippen molar-refractivity contribution < 1.29 is 19.4 Å². The molecule has 142 valence electrons. The van der Waals surface area contributed by atoms with E-state index in [4.69, 9.17) is 16.3 Å². The van der Waals surface area contributed by atoms with E-state index in [0.29, 0.717) is 22.0 Å². The number of hydrogen-bond acceptors (Lipinski definition) is 5. The number of nitrogens with one attached hydrogen (secondary N) is 2. The van der Waals surface area contributed by atoms with Crippen molar-refractivity contribution in [2.75, 3.05) is 12.4 Å². The molecule has 0 spiro atoms. The number of halogens is 1. The van der Waals surface area contributed by atoms with Gasteiger partial charge in [-0.15, -0.1) is 0 Å². The van der Waals surface area contributed by atoms with Crippen molar-refractivity contribution in [2.45, 2.75) is 19.8 Å². The van der Waals surface area contributed by atoms with Gasteiger partial charge in [0, 0.05) is 23.6 Å². The number of aromatic hydroxyl groups is 1. The molecule has 0 atom stereocenters. The van der Waals surface area contributed by atoms with E-state index in [2.05, 4.69) is 15.8 Å². The number of nitrogens with zero attached hydrogens (tertiary/aromatic N) is 1. The Morgan fingerprint density at radius 3 is 2.63 bits per heavy atom. The van der Waals surface area contributed by atoms with E-state index in [1.165, 1.54) is 19.4 Å². The molecule has 0 radical (unpaired) electrons. The summed E-state index contributed by atoms with van der Waals surface area (Å²) >= 11 is 5.88. The van der Waals surface area contributed by atoms with Crippen LogP contribution < -0.4 is 15.5 Å². The number of benzene rings is 2. The molecule has 0 aliphatic heterocycles. The highest BCUT2D eigenvalue weighted by atomic mass is 35.5. The highest BCUT2D eigenvalue weighted by Gasteiger charge is 2.08. The summed E-state index contributed by atoms with van der Waals surface area (Å²) in [5.41, 5.74) is 4.49. The molecule has 0 aromatic heterocycles. The van der Waals surface area contributed by atoms with Crippen molar-refractivity contribution in [1.82, 2.24) is 5.43 Å². The average molecular weight is 390 g/mol. The number of hydrogen-bond donors (Lipinski definition) is 3. The van der Waals surface area contributed by atoms with Gasteiger partial charge in [0.05, 0.1) is 13.3 Å². The van der Waals surface area contributed by atoms with Crippen LogP contribution in [0.5, 0.6) is 11.5 Å². The largest absolute Gasteiger partial charge is 0.504 e. The topological polar surface area (TPSA) is 100 Å². The Morgan fingerprint density at radius 2 is 1.93 bits per heavy atom. The van der Waals surface area contributed by atoms with Crippen molar-refractivity contribution in [3.05, 3.63) is 52.5 Å². The Kier molecular flexibility index (Phi) is 7.19. The number of amides is 2. The number of phenols is 1. The van der Waals surface area contributed by atoms with Crippen molar-refractivity contribution in [3.63, 3.8) is 0 Å². The van der Waals surface area contributed by atoms with Gasteiger partial charge in [0.15, 0.2) is 11.5 Å². The zero-order valence-electron chi connectivity index (χ0n) is 15.0. The minimum absolute atomic E-state index is 0.00525. The van der Waals surface area contributed by atoms with Crippen LogP contribution in [0.1, 0.15) is 24.0 Å². The van der Waals surface area contributed by atoms with Crippen LogP contribution in [0.15, 0.2) is 41.5 Å². The summed E-state index contributed by atoms with van der Waals surface area (Å²) in [4.78, 5) is 23.7. The molecule has 0 saturated carbocycles. The number of rotatable bonds is 7. The van der Waals surface area contributed by atoms with Gasteiger partial charge in [0.2, 0.25) is 11.8 Å². The summed E-state index contributed by atoms with van der Waals surface area (Å²) in [6.45, 7) is 1.83. The highest BCUT2D eigenvalue weighted by molar-refractivity contribution is 6.30. The number of methoxy groups -OCH3 is 1. The SMILES string of the molecule is COc1cc(/C=N\NC(=O)CCC(=O)Nc2ccc(Cl)cc2C)ccc1O. The van der Waals surface area contributed by atoms with Crippen LogP contribution in [0.2, 0.25) is 5.02 Å². The fourth-order valence-corrected chi connectivity index (χ4v) is 2.44. The molecule has 0 unspecified atom stereocenters. The van der Waals surface area contributed by atoms with E-state index in [-0.39, 0.29) is 30.4 Å². The van der Waals surface area contributed by atoms with Gasteiger partial charge in [0.25, 0.3) is 0 Å². The molecule has 0 aliphatic carbocycles. The van der Waals surface area contributed by atoms with E-state index in [1.807, 2.05) is 6.92 Å². The Balaban J connectivity index is 1.79. The van der Waals surface area contributed by atoms with Crippen molar-refractivity contribution in [1.29, 1.82) is 0 Å². The van der Waals surface area contributed by atoms with Crippen LogP contribution in [-0.2, 0) is 9.59 Å². The first-order valence-electron chi connectivity index (χ1n) is 8.14. The minimum atomic E-state index is -0.389. The number of hydrazone groups is 1. The highest BCUT2D eigenvalue weighted by Crippen LogP contribution is 2.25. The minimum Gasteiger partial charge on any atom is -0.504 e. The Labute approximate surface area is 162 Å². The molecular formula is C19H20ClN3O4. The molecule has 2 aromatic rings. The Bertz CT molecular complexity index is 868. The maximum atomic E-state index is 12.0. The average Bonchev–Trinajstić information content (AvgIpc) is 2.63. The standard InChI is InChI=1S/C19H20ClN3O4/c1-12-9-14(20)4-5-15(12)22-18(25)7-8-19(26)23-21-11-13-3-6-16(24)17(10-13)27-2/h3-6,9-11,24H,7-8H2,1-2H3,(H,22,25)(H,23,26)/b21-11-. The van der Waals surface area contributed by atoms with Gasteiger partial charge in [0.1, 0.15) is 0 Å². The van der Waals surface area contributed by atoms with Crippen molar-refractivity contribution in [3.8, 4) is 11.5 Å². The van der Waals surface area contributed by atoms with Gasteiger partial charge < -0.3 is 15.2 Å². The summed E-state index contributed by atoms with van der Waals surface area (Å²) in [5.74, 6) is -0.345. The number of anilines is 1. The lowest BCUT2D eigenvalue weighted by Crippen LogP contribution is -2.20. The predicted molar refractivity (Wildman–Crippen MR) is 104 cm³/mol. The van der Waals surface area contributed by atoms with Gasteiger partial charge in [-0.1, -0.05) is 11.6 Å². The fourth-order valence-electron chi connectivity index (χ4n) is 2.22. The third-order valence-electron chi connectivity index (χ3n) is 3.65. The van der Waals surface area contributed by atoms with Crippen LogP contribution in [0.4, 0.5) is 5.69 Å². The normalized spacial score (nSPS) is 10.6. The molecule has 0 saturated heterocycles. The van der Waals surface area contributed by atoms with Crippen LogP contribution in [0.3, 0.4) is 0 Å². The lowest BCUT2D eigenvalue weighted by Gasteiger charge is -2.08. The zero-order valence-corrected chi connectivity index (χ0v) is 15.7. The quantitative estimate of drug-likeness (QED) is 0.500. The second kappa shape index (κ2) is 9.59. The van der Waals surface area contributed by atoms with Gasteiger partial charge in [-0.2, -0.15) is 5.10 Å². The maximum absolute atomic E-state index is 12.0. The molecule has 0 aliphatic rings.